The Morgan fingerprint density at radius 1 is 1.00 bits per heavy atom. The predicted molar refractivity (Wildman–Crippen MR) is 56.7 cm³/mol. The second kappa shape index (κ2) is 5.73. The lowest BCUT2D eigenvalue weighted by Gasteiger charge is -2.29. The Hall–Kier alpha value is -0.250. The molecule has 0 aliphatic rings. The molecule has 1 N–H and O–H groups in total. The SMILES string of the molecule is CC(C)C[C@@H](C)N[C@@H](C(C)C)C(F)(F)F. The van der Waals surface area contributed by atoms with E-state index in [0.29, 0.717) is 5.92 Å². The molecule has 0 unspecified atom stereocenters. The lowest BCUT2D eigenvalue weighted by Crippen LogP contribution is -2.49. The van der Waals surface area contributed by atoms with Gasteiger partial charge in [-0.25, -0.2) is 0 Å². The predicted octanol–water partition coefficient (Wildman–Crippen LogP) is 3.60. The lowest BCUT2D eigenvalue weighted by atomic mass is 10.00. The van der Waals surface area contributed by atoms with Crippen LogP contribution in [0.25, 0.3) is 0 Å². The van der Waals surface area contributed by atoms with Gasteiger partial charge in [0.25, 0.3) is 0 Å². The highest BCUT2D eigenvalue weighted by Gasteiger charge is 2.41. The lowest BCUT2D eigenvalue weighted by molar-refractivity contribution is -0.167. The van der Waals surface area contributed by atoms with E-state index in [1.165, 1.54) is 0 Å². The summed E-state index contributed by atoms with van der Waals surface area (Å²) in [6, 6.07) is -1.50. The fourth-order valence-electron chi connectivity index (χ4n) is 1.75. The Morgan fingerprint density at radius 2 is 1.47 bits per heavy atom. The van der Waals surface area contributed by atoms with Crippen molar-refractivity contribution in [2.75, 3.05) is 0 Å². The van der Waals surface area contributed by atoms with Gasteiger partial charge in [0, 0.05) is 6.04 Å². The van der Waals surface area contributed by atoms with Gasteiger partial charge in [0.2, 0.25) is 0 Å². The van der Waals surface area contributed by atoms with Gasteiger partial charge in [-0.1, -0.05) is 27.7 Å². The van der Waals surface area contributed by atoms with E-state index in [0.717, 1.165) is 6.42 Å². The van der Waals surface area contributed by atoms with Crippen molar-refractivity contribution in [3.63, 3.8) is 0 Å². The zero-order chi connectivity index (χ0) is 12.2. The van der Waals surface area contributed by atoms with Crippen LogP contribution in [-0.2, 0) is 0 Å². The van der Waals surface area contributed by atoms with Gasteiger partial charge in [0.05, 0.1) is 0 Å². The van der Waals surface area contributed by atoms with Crippen LogP contribution in [0.3, 0.4) is 0 Å². The maximum atomic E-state index is 12.6. The summed E-state index contributed by atoms with van der Waals surface area (Å²) in [7, 11) is 0. The molecule has 0 aromatic carbocycles. The Labute approximate surface area is 90.4 Å². The van der Waals surface area contributed by atoms with Crippen molar-refractivity contribution in [1.82, 2.24) is 5.32 Å². The third-order valence-electron chi connectivity index (χ3n) is 2.31. The van der Waals surface area contributed by atoms with Gasteiger partial charge in [-0.3, -0.25) is 0 Å². The highest BCUT2D eigenvalue weighted by atomic mass is 19.4. The number of hydrogen-bond acceptors (Lipinski definition) is 1. The first-order valence-electron chi connectivity index (χ1n) is 5.47. The maximum Gasteiger partial charge on any atom is 0.404 e. The topological polar surface area (TPSA) is 12.0 Å². The molecule has 0 aromatic rings. The van der Waals surface area contributed by atoms with Crippen LogP contribution in [0.2, 0.25) is 0 Å². The molecule has 0 bridgehead atoms. The molecule has 0 fully saturated rings. The summed E-state index contributed by atoms with van der Waals surface area (Å²) < 4.78 is 37.8. The molecule has 0 aromatic heterocycles. The first-order valence-corrected chi connectivity index (χ1v) is 5.47. The monoisotopic (exact) mass is 225 g/mol. The van der Waals surface area contributed by atoms with E-state index in [2.05, 4.69) is 5.32 Å². The van der Waals surface area contributed by atoms with Crippen molar-refractivity contribution in [3.8, 4) is 0 Å². The standard InChI is InChI=1S/C11H22F3N/c1-7(2)6-9(5)15-10(8(3)4)11(12,13)14/h7-10,15H,6H2,1-5H3/t9-,10+/m1/s1. The largest absolute Gasteiger partial charge is 0.404 e. The minimum absolute atomic E-state index is 0.0981. The molecule has 4 heteroatoms. The molecule has 2 atom stereocenters. The molecule has 0 aliphatic heterocycles. The zero-order valence-corrected chi connectivity index (χ0v) is 10.2. The Bertz CT molecular complexity index is 175. The fourth-order valence-corrected chi connectivity index (χ4v) is 1.75. The van der Waals surface area contributed by atoms with Crippen molar-refractivity contribution < 1.29 is 13.2 Å². The fraction of sp³-hybridized carbons (Fsp3) is 1.00. The van der Waals surface area contributed by atoms with Crippen molar-refractivity contribution in [1.29, 1.82) is 0 Å². The molecule has 0 saturated heterocycles. The van der Waals surface area contributed by atoms with Crippen LogP contribution in [0.5, 0.6) is 0 Å². The minimum atomic E-state index is -4.15. The molecule has 92 valence electrons. The Kier molecular flexibility index (Phi) is 5.63. The van der Waals surface area contributed by atoms with Gasteiger partial charge in [0.15, 0.2) is 0 Å². The van der Waals surface area contributed by atoms with Crippen LogP contribution in [0.1, 0.15) is 41.0 Å². The van der Waals surface area contributed by atoms with Gasteiger partial charge in [-0.15, -0.1) is 0 Å². The quantitative estimate of drug-likeness (QED) is 0.753. The Morgan fingerprint density at radius 3 is 1.73 bits per heavy atom. The number of nitrogens with one attached hydrogen (secondary N) is 1. The van der Waals surface area contributed by atoms with Crippen LogP contribution < -0.4 is 5.32 Å². The summed E-state index contributed by atoms with van der Waals surface area (Å²) in [5.41, 5.74) is 0. The number of hydrogen-bond donors (Lipinski definition) is 1. The van der Waals surface area contributed by atoms with Gasteiger partial charge < -0.3 is 5.32 Å². The van der Waals surface area contributed by atoms with E-state index >= 15 is 0 Å². The maximum absolute atomic E-state index is 12.6. The van der Waals surface area contributed by atoms with Crippen LogP contribution in [-0.4, -0.2) is 18.3 Å². The summed E-state index contributed by atoms with van der Waals surface area (Å²) >= 11 is 0. The van der Waals surface area contributed by atoms with Gasteiger partial charge in [-0.05, 0) is 25.2 Å². The van der Waals surface area contributed by atoms with Crippen LogP contribution in [0, 0.1) is 11.8 Å². The van der Waals surface area contributed by atoms with E-state index < -0.39 is 18.1 Å². The van der Waals surface area contributed by atoms with E-state index in [9.17, 15) is 13.2 Å². The molecule has 0 radical (unpaired) electrons. The number of alkyl halides is 3. The van der Waals surface area contributed by atoms with E-state index in [1.54, 1.807) is 20.8 Å². The average Bonchev–Trinajstić information content (AvgIpc) is 1.95. The van der Waals surface area contributed by atoms with E-state index in [1.807, 2.05) is 13.8 Å². The Balaban J connectivity index is 4.30. The molecule has 1 nitrogen and oxygen atoms in total. The van der Waals surface area contributed by atoms with Gasteiger partial charge >= 0.3 is 6.18 Å². The molecular formula is C11H22F3N. The van der Waals surface area contributed by atoms with E-state index in [-0.39, 0.29) is 6.04 Å². The van der Waals surface area contributed by atoms with Crippen LogP contribution >= 0.6 is 0 Å². The molecule has 0 spiro atoms. The molecular weight excluding hydrogens is 203 g/mol. The zero-order valence-electron chi connectivity index (χ0n) is 10.2. The minimum Gasteiger partial charge on any atom is -0.303 e. The highest BCUT2D eigenvalue weighted by molar-refractivity contribution is 4.81. The van der Waals surface area contributed by atoms with Gasteiger partial charge in [-0.2, -0.15) is 13.2 Å². The third-order valence-corrected chi connectivity index (χ3v) is 2.31. The van der Waals surface area contributed by atoms with Crippen molar-refractivity contribution in [2.24, 2.45) is 11.8 Å². The first kappa shape index (κ1) is 14.8. The van der Waals surface area contributed by atoms with Crippen molar-refractivity contribution >= 4 is 0 Å². The second-order valence-corrected chi connectivity index (χ2v) is 4.96. The smallest absolute Gasteiger partial charge is 0.303 e. The van der Waals surface area contributed by atoms with Crippen LogP contribution in [0.15, 0.2) is 0 Å². The van der Waals surface area contributed by atoms with Crippen molar-refractivity contribution in [2.45, 2.75) is 59.3 Å². The van der Waals surface area contributed by atoms with E-state index in [4.69, 9.17) is 0 Å². The number of rotatable bonds is 5. The molecule has 0 rings (SSSR count). The summed E-state index contributed by atoms with van der Waals surface area (Å²) in [6.07, 6.45) is -3.39. The molecule has 0 amide bonds. The van der Waals surface area contributed by atoms with Crippen LogP contribution in [0.4, 0.5) is 13.2 Å². The summed E-state index contributed by atoms with van der Waals surface area (Å²) in [6.45, 7) is 9.01. The summed E-state index contributed by atoms with van der Waals surface area (Å²) in [4.78, 5) is 0. The summed E-state index contributed by atoms with van der Waals surface area (Å²) in [5.74, 6) is -0.0202. The molecule has 0 saturated carbocycles. The van der Waals surface area contributed by atoms with Gasteiger partial charge in [0.1, 0.15) is 6.04 Å². The molecule has 15 heavy (non-hydrogen) atoms. The van der Waals surface area contributed by atoms with Crippen molar-refractivity contribution in [3.05, 3.63) is 0 Å². The molecule has 0 aliphatic carbocycles. The highest BCUT2D eigenvalue weighted by Crippen LogP contribution is 2.26. The summed E-state index contributed by atoms with van der Waals surface area (Å²) in [5, 5.41) is 2.66. The third kappa shape index (κ3) is 6.03. The second-order valence-electron chi connectivity index (χ2n) is 4.96. The average molecular weight is 225 g/mol. The molecule has 0 heterocycles. The number of halogens is 3. The normalized spacial score (nSPS) is 17.2. The first-order chi connectivity index (χ1) is 6.64.